The monoisotopic (exact) mass is 208 g/mol. The van der Waals surface area contributed by atoms with E-state index in [1.165, 1.54) is 14.2 Å². The number of methoxy groups -OCH3 is 2. The van der Waals surface area contributed by atoms with Crippen LogP contribution in [-0.4, -0.2) is 66.9 Å². The molecular weight excluding hydrogens is 192 g/mol. The van der Waals surface area contributed by atoms with E-state index in [1.54, 1.807) is 0 Å². The van der Waals surface area contributed by atoms with Gasteiger partial charge in [0.05, 0.1) is 6.61 Å². The summed E-state index contributed by atoms with van der Waals surface area (Å²) in [6, 6.07) is 0. The molecule has 3 N–H and O–H groups in total. The fourth-order valence-corrected chi connectivity index (χ4v) is 1.50. The molecule has 0 unspecified atom stereocenters. The van der Waals surface area contributed by atoms with Crippen LogP contribution in [0.4, 0.5) is 0 Å². The highest BCUT2D eigenvalue weighted by atomic mass is 16.7. The molecular formula is C8H16O6. The van der Waals surface area contributed by atoms with E-state index in [2.05, 4.69) is 0 Å². The SMILES string of the molecule is CO[C@@H]1O[C@H](CO)[C@H](O)[C@H](O)[C@@H]1OC. The van der Waals surface area contributed by atoms with Gasteiger partial charge < -0.3 is 29.5 Å². The van der Waals surface area contributed by atoms with Crippen molar-refractivity contribution in [1.29, 1.82) is 0 Å². The van der Waals surface area contributed by atoms with Gasteiger partial charge in [-0.25, -0.2) is 0 Å². The zero-order valence-corrected chi connectivity index (χ0v) is 8.16. The second kappa shape index (κ2) is 5.01. The number of hydrogen-bond acceptors (Lipinski definition) is 6. The molecule has 1 aliphatic heterocycles. The Morgan fingerprint density at radius 3 is 2.21 bits per heavy atom. The molecule has 0 aromatic carbocycles. The maximum absolute atomic E-state index is 9.59. The molecule has 0 aromatic rings. The van der Waals surface area contributed by atoms with Crippen LogP contribution >= 0.6 is 0 Å². The smallest absolute Gasteiger partial charge is 0.186 e. The molecule has 1 saturated heterocycles. The van der Waals surface area contributed by atoms with Crippen molar-refractivity contribution in [2.75, 3.05) is 20.8 Å². The van der Waals surface area contributed by atoms with Crippen LogP contribution in [0.2, 0.25) is 0 Å². The molecule has 0 amide bonds. The van der Waals surface area contributed by atoms with Crippen molar-refractivity contribution in [1.82, 2.24) is 0 Å². The van der Waals surface area contributed by atoms with Gasteiger partial charge in [0.1, 0.15) is 24.4 Å². The minimum atomic E-state index is -1.17. The van der Waals surface area contributed by atoms with Crippen molar-refractivity contribution in [2.24, 2.45) is 0 Å². The molecule has 0 saturated carbocycles. The van der Waals surface area contributed by atoms with E-state index in [0.29, 0.717) is 0 Å². The first-order valence-corrected chi connectivity index (χ1v) is 4.33. The lowest BCUT2D eigenvalue weighted by Gasteiger charge is -2.40. The molecule has 0 spiro atoms. The van der Waals surface area contributed by atoms with Crippen molar-refractivity contribution in [3.05, 3.63) is 0 Å². The molecule has 1 heterocycles. The topological polar surface area (TPSA) is 88.4 Å². The summed E-state index contributed by atoms with van der Waals surface area (Å²) in [6.07, 6.45) is -4.68. The Morgan fingerprint density at radius 1 is 1.14 bits per heavy atom. The minimum absolute atomic E-state index is 0.380. The van der Waals surface area contributed by atoms with Gasteiger partial charge in [0, 0.05) is 14.2 Å². The van der Waals surface area contributed by atoms with E-state index < -0.39 is 30.7 Å². The summed E-state index contributed by atoms with van der Waals surface area (Å²) < 4.78 is 15.0. The molecule has 6 nitrogen and oxygen atoms in total. The van der Waals surface area contributed by atoms with E-state index in [-0.39, 0.29) is 6.61 Å². The summed E-state index contributed by atoms with van der Waals surface area (Å²) >= 11 is 0. The first kappa shape index (κ1) is 11.8. The third-order valence-electron chi connectivity index (χ3n) is 2.33. The summed E-state index contributed by atoms with van der Waals surface area (Å²) in [5.41, 5.74) is 0. The first-order chi connectivity index (χ1) is 6.65. The second-order valence-electron chi connectivity index (χ2n) is 3.14. The van der Waals surface area contributed by atoms with E-state index in [9.17, 15) is 10.2 Å². The molecule has 6 heteroatoms. The van der Waals surface area contributed by atoms with Crippen LogP contribution < -0.4 is 0 Å². The lowest BCUT2D eigenvalue weighted by Crippen LogP contribution is -2.59. The molecule has 0 aliphatic carbocycles. The summed E-state index contributed by atoms with van der Waals surface area (Å²) in [6.45, 7) is -0.380. The molecule has 1 rings (SSSR count). The van der Waals surface area contributed by atoms with E-state index in [4.69, 9.17) is 19.3 Å². The van der Waals surface area contributed by atoms with E-state index in [0.717, 1.165) is 0 Å². The zero-order valence-electron chi connectivity index (χ0n) is 8.16. The zero-order chi connectivity index (χ0) is 10.7. The molecule has 1 fully saturated rings. The van der Waals surface area contributed by atoms with Crippen LogP contribution in [0.5, 0.6) is 0 Å². The van der Waals surface area contributed by atoms with Crippen LogP contribution in [0, 0.1) is 0 Å². The Kier molecular flexibility index (Phi) is 4.24. The predicted octanol–water partition coefficient (Wildman–Crippen LogP) is -1.91. The van der Waals surface area contributed by atoms with Gasteiger partial charge in [0.2, 0.25) is 0 Å². The lowest BCUT2D eigenvalue weighted by atomic mass is 9.99. The maximum Gasteiger partial charge on any atom is 0.186 e. The lowest BCUT2D eigenvalue weighted by molar-refractivity contribution is -0.299. The molecule has 0 radical (unpaired) electrons. The molecule has 1 aliphatic rings. The van der Waals surface area contributed by atoms with Gasteiger partial charge in [0.15, 0.2) is 6.29 Å². The average Bonchev–Trinajstić information content (AvgIpc) is 2.21. The standard InChI is InChI=1S/C8H16O6/c1-12-7-6(11)5(10)4(3-9)14-8(7)13-2/h4-11H,3H2,1-2H3/t4-,5+,6+,7+,8-/m1/s1. The van der Waals surface area contributed by atoms with Crippen molar-refractivity contribution < 1.29 is 29.5 Å². The number of hydrogen-bond donors (Lipinski definition) is 3. The predicted molar refractivity (Wildman–Crippen MR) is 45.6 cm³/mol. The van der Waals surface area contributed by atoms with Crippen LogP contribution in [0.25, 0.3) is 0 Å². The largest absolute Gasteiger partial charge is 0.394 e. The highest BCUT2D eigenvalue weighted by molar-refractivity contribution is 4.89. The highest BCUT2D eigenvalue weighted by Crippen LogP contribution is 2.23. The van der Waals surface area contributed by atoms with Crippen LogP contribution in [-0.2, 0) is 14.2 Å². The molecule has 0 bridgehead atoms. The average molecular weight is 208 g/mol. The van der Waals surface area contributed by atoms with Gasteiger partial charge in [-0.3, -0.25) is 0 Å². The van der Waals surface area contributed by atoms with Gasteiger partial charge in [-0.15, -0.1) is 0 Å². The molecule has 14 heavy (non-hydrogen) atoms. The number of ether oxygens (including phenoxy) is 3. The van der Waals surface area contributed by atoms with Gasteiger partial charge >= 0.3 is 0 Å². The molecule has 5 atom stereocenters. The third kappa shape index (κ3) is 2.05. The quantitative estimate of drug-likeness (QED) is 0.501. The summed E-state index contributed by atoms with van der Waals surface area (Å²) in [4.78, 5) is 0. The Hall–Kier alpha value is -0.240. The van der Waals surface area contributed by atoms with E-state index in [1.807, 2.05) is 0 Å². The van der Waals surface area contributed by atoms with Gasteiger partial charge in [-0.05, 0) is 0 Å². The number of aliphatic hydroxyl groups is 3. The summed E-state index contributed by atoms with van der Waals surface area (Å²) in [5, 5.41) is 27.9. The van der Waals surface area contributed by atoms with Gasteiger partial charge in [-0.1, -0.05) is 0 Å². The Bertz CT molecular complexity index is 173. The Balaban J connectivity index is 2.71. The van der Waals surface area contributed by atoms with Crippen LogP contribution in [0.1, 0.15) is 0 Å². The fourth-order valence-electron chi connectivity index (χ4n) is 1.50. The minimum Gasteiger partial charge on any atom is -0.394 e. The second-order valence-corrected chi connectivity index (χ2v) is 3.14. The highest BCUT2D eigenvalue weighted by Gasteiger charge is 2.44. The summed E-state index contributed by atoms with van der Waals surface area (Å²) in [5.74, 6) is 0. The van der Waals surface area contributed by atoms with Crippen molar-refractivity contribution in [3.8, 4) is 0 Å². The van der Waals surface area contributed by atoms with E-state index >= 15 is 0 Å². The fraction of sp³-hybridized carbons (Fsp3) is 1.00. The number of rotatable bonds is 3. The Labute approximate surface area is 82.0 Å². The first-order valence-electron chi connectivity index (χ1n) is 4.33. The van der Waals surface area contributed by atoms with Crippen molar-refractivity contribution >= 4 is 0 Å². The van der Waals surface area contributed by atoms with Crippen LogP contribution in [0.15, 0.2) is 0 Å². The normalized spacial score (nSPS) is 43.9. The summed E-state index contributed by atoms with van der Waals surface area (Å²) in [7, 11) is 2.78. The van der Waals surface area contributed by atoms with Gasteiger partial charge in [0.25, 0.3) is 0 Å². The maximum atomic E-state index is 9.59. The van der Waals surface area contributed by atoms with Gasteiger partial charge in [-0.2, -0.15) is 0 Å². The third-order valence-corrected chi connectivity index (χ3v) is 2.33. The molecule has 0 aromatic heterocycles. The van der Waals surface area contributed by atoms with Crippen molar-refractivity contribution in [3.63, 3.8) is 0 Å². The van der Waals surface area contributed by atoms with Crippen molar-refractivity contribution in [2.45, 2.75) is 30.7 Å². The Morgan fingerprint density at radius 2 is 1.79 bits per heavy atom. The molecule has 84 valence electrons. The number of aliphatic hydroxyl groups excluding tert-OH is 3. The van der Waals surface area contributed by atoms with Crippen LogP contribution in [0.3, 0.4) is 0 Å².